The quantitative estimate of drug-likeness (QED) is 0.0181. The van der Waals surface area contributed by atoms with Gasteiger partial charge in [-0.1, -0.05) is 89.9 Å². The van der Waals surface area contributed by atoms with E-state index >= 15 is 0 Å². The fourth-order valence-electron chi connectivity index (χ4n) is 6.59. The lowest BCUT2D eigenvalue weighted by molar-refractivity contribution is -0.142. The third kappa shape index (κ3) is 35.9. The normalized spacial score (nSPS) is 12.8. The number of carboxylic acid groups (broad SMARTS) is 3. The summed E-state index contributed by atoms with van der Waals surface area (Å²) in [6, 6.07) is -3.55. The molecule has 0 aliphatic carbocycles. The van der Waals surface area contributed by atoms with E-state index in [1.807, 2.05) is 0 Å². The molecule has 0 bridgehead atoms. The van der Waals surface area contributed by atoms with E-state index < -0.39 is 77.7 Å². The van der Waals surface area contributed by atoms with E-state index in [1.54, 1.807) is 0 Å². The van der Waals surface area contributed by atoms with Crippen molar-refractivity contribution in [1.82, 2.24) is 37.2 Å². The lowest BCUT2D eigenvalue weighted by Crippen LogP contribution is -2.46. The van der Waals surface area contributed by atoms with Gasteiger partial charge in [-0.05, 0) is 54.3 Å². The molecule has 0 radical (unpaired) electrons. The highest BCUT2D eigenvalue weighted by atomic mass is 31.0. The Kier molecular flexibility index (Phi) is 36.2. The van der Waals surface area contributed by atoms with Gasteiger partial charge in [0, 0.05) is 45.1 Å². The van der Waals surface area contributed by atoms with Crippen LogP contribution < -0.4 is 42.9 Å². The molecule has 64 heavy (non-hydrogen) atoms. The van der Waals surface area contributed by atoms with Crippen LogP contribution in [-0.2, 0) is 43.2 Å². The van der Waals surface area contributed by atoms with E-state index in [4.69, 9.17) is 10.8 Å². The number of carboxylic acids is 3. The zero-order valence-corrected chi connectivity index (χ0v) is 38.6. The maximum Gasteiger partial charge on any atom is 0.326 e. The second-order valence-electron chi connectivity index (χ2n) is 16.0. The molecule has 0 saturated carbocycles. The molecular formula is C42H77N8O13P. The van der Waals surface area contributed by atoms with Gasteiger partial charge in [0.15, 0.2) is 0 Å². The van der Waals surface area contributed by atoms with Crippen molar-refractivity contribution < 1.29 is 63.6 Å². The lowest BCUT2D eigenvalue weighted by Gasteiger charge is -2.17. The van der Waals surface area contributed by atoms with Crippen LogP contribution in [-0.4, -0.2) is 111 Å². The smallest absolute Gasteiger partial charge is 0.326 e. The zero-order chi connectivity index (χ0) is 48.0. The molecular weight excluding hydrogens is 855 g/mol. The number of nitrogens with two attached hydrogens (primary N) is 1. The molecule has 0 aromatic carbocycles. The summed E-state index contributed by atoms with van der Waals surface area (Å²) in [7, 11) is 2.07. The molecule has 0 saturated heterocycles. The second kappa shape index (κ2) is 39.0. The van der Waals surface area contributed by atoms with Gasteiger partial charge in [0.25, 0.3) is 5.91 Å². The van der Waals surface area contributed by atoms with Crippen LogP contribution in [0.3, 0.4) is 0 Å². The first kappa shape index (κ1) is 59.5. The summed E-state index contributed by atoms with van der Waals surface area (Å²) >= 11 is 0. The van der Waals surface area contributed by atoms with Crippen LogP contribution in [0.25, 0.3) is 0 Å². The number of hydrogen-bond acceptors (Lipinski definition) is 12. The average Bonchev–Trinajstić information content (AvgIpc) is 3.23. The van der Waals surface area contributed by atoms with Crippen LogP contribution in [0.1, 0.15) is 173 Å². The maximum atomic E-state index is 12.4. The molecule has 0 aliphatic heterocycles. The van der Waals surface area contributed by atoms with E-state index in [2.05, 4.69) is 46.6 Å². The van der Waals surface area contributed by atoms with Crippen LogP contribution in [0.4, 0.5) is 0 Å². The molecule has 0 aromatic heterocycles. The van der Waals surface area contributed by atoms with Crippen molar-refractivity contribution in [1.29, 1.82) is 0 Å². The Morgan fingerprint density at radius 2 is 0.875 bits per heavy atom. The zero-order valence-electron chi connectivity index (χ0n) is 37.4. The summed E-state index contributed by atoms with van der Waals surface area (Å²) in [6.07, 6.45) is 15.8. The van der Waals surface area contributed by atoms with Gasteiger partial charge in [-0.3, -0.25) is 39.0 Å². The van der Waals surface area contributed by atoms with Crippen molar-refractivity contribution in [2.75, 3.05) is 13.1 Å². The highest BCUT2D eigenvalue weighted by Crippen LogP contribution is 2.15. The number of nitrogens with one attached hydrogen (secondary N) is 7. The molecule has 0 fully saturated rings. The third-order valence-electron chi connectivity index (χ3n) is 10.3. The lowest BCUT2D eigenvalue weighted by atomic mass is 10.0. The van der Waals surface area contributed by atoms with Crippen LogP contribution in [0, 0.1) is 0 Å². The maximum absolute atomic E-state index is 12.4. The molecule has 1 unspecified atom stereocenters. The molecule has 13 N–H and O–H groups in total. The molecule has 0 aliphatic rings. The number of carbonyl (C=O) groups is 9. The minimum Gasteiger partial charge on any atom is -0.481 e. The summed E-state index contributed by atoms with van der Waals surface area (Å²) in [5, 5.41) is 52.3. The largest absolute Gasteiger partial charge is 0.481 e. The predicted octanol–water partition coefficient (Wildman–Crippen LogP) is 2.15. The van der Waals surface area contributed by atoms with Crippen molar-refractivity contribution >= 4 is 62.7 Å². The first-order chi connectivity index (χ1) is 30.5. The summed E-state index contributed by atoms with van der Waals surface area (Å²) in [5.74, 6) is -6.70. The van der Waals surface area contributed by atoms with Gasteiger partial charge in [-0.25, -0.2) is 14.8 Å². The van der Waals surface area contributed by atoms with E-state index in [1.165, 1.54) is 51.4 Å². The highest BCUT2D eigenvalue weighted by molar-refractivity contribution is 7.13. The molecule has 0 heterocycles. The molecule has 0 spiro atoms. The Morgan fingerprint density at radius 3 is 1.34 bits per heavy atom. The van der Waals surface area contributed by atoms with Crippen LogP contribution in [0.2, 0.25) is 0 Å². The number of hydrogen-bond donors (Lipinski definition) is 12. The molecule has 0 aromatic rings. The Labute approximate surface area is 379 Å². The first-order valence-corrected chi connectivity index (χ1v) is 23.4. The fourth-order valence-corrected chi connectivity index (χ4v) is 6.75. The van der Waals surface area contributed by atoms with Crippen molar-refractivity contribution in [2.45, 2.75) is 198 Å². The number of unbranched alkanes of at least 4 members (excludes halogenated alkanes) is 16. The number of amides is 6. The van der Waals surface area contributed by atoms with E-state index in [9.17, 15) is 58.5 Å². The summed E-state index contributed by atoms with van der Waals surface area (Å²) in [6.45, 7) is -0.0137. The Bertz CT molecular complexity index is 1410. The number of carbonyl (C=O) groups excluding carboxylic acids is 6. The molecule has 22 heteroatoms. The summed E-state index contributed by atoms with van der Waals surface area (Å²) < 4.78 is 0. The molecule has 5 atom stereocenters. The van der Waals surface area contributed by atoms with Gasteiger partial charge in [-0.15, -0.1) is 0 Å². The number of aliphatic carboxylic acids is 3. The average molecular weight is 933 g/mol. The van der Waals surface area contributed by atoms with Gasteiger partial charge >= 0.3 is 17.9 Å². The third-order valence-corrected chi connectivity index (χ3v) is 10.5. The molecule has 368 valence electrons. The van der Waals surface area contributed by atoms with Crippen molar-refractivity contribution in [3.8, 4) is 0 Å². The number of aliphatic hydroxyl groups is 1. The van der Waals surface area contributed by atoms with E-state index in [0.717, 1.165) is 44.9 Å². The minimum absolute atomic E-state index is 0.164. The first-order valence-electron chi connectivity index (χ1n) is 22.8. The minimum atomic E-state index is -1.49. The number of rotatable bonds is 42. The summed E-state index contributed by atoms with van der Waals surface area (Å²) in [5.41, 5.74) is 8.07. The molecule has 0 rings (SSSR count). The second-order valence-corrected chi connectivity index (χ2v) is 16.3. The summed E-state index contributed by atoms with van der Waals surface area (Å²) in [4.78, 5) is 107. The van der Waals surface area contributed by atoms with Gasteiger partial charge in [0.1, 0.15) is 18.3 Å². The highest BCUT2D eigenvalue weighted by Gasteiger charge is 2.24. The standard InChI is InChI=1S/C42H77N8O13P/c43-30(40(59)45-29-38(56)49-50-64)19-17-18-28-44-33(51)24-22-31(41(60)61)47-35(53)26-27-37(55)48-36(54)25-23-32(42(62)63)46-34(52)20-15-13-11-9-7-5-3-1-2-4-6-8-10-12-14-16-21-39(57)58/h30-32,37,50,55H,1-29,43,64H2,(H,44,51)(H,45,59)(H,46,52)(H,47,53)(H,48,54)(H,49,56)(H,57,58)(H,60,61)(H,62,63)/t30-,31-,32-,37+/m0/s1. The van der Waals surface area contributed by atoms with Gasteiger partial charge in [0.2, 0.25) is 29.5 Å². The van der Waals surface area contributed by atoms with Gasteiger partial charge in [-0.2, -0.15) is 0 Å². The van der Waals surface area contributed by atoms with Gasteiger partial charge < -0.3 is 52.7 Å². The monoisotopic (exact) mass is 933 g/mol. The van der Waals surface area contributed by atoms with Crippen molar-refractivity contribution in [3.05, 3.63) is 0 Å². The topological polar surface area (TPSA) is 345 Å². The fraction of sp³-hybridized carbons (Fsp3) is 0.786. The Morgan fingerprint density at radius 1 is 0.453 bits per heavy atom. The van der Waals surface area contributed by atoms with E-state index in [0.29, 0.717) is 25.7 Å². The van der Waals surface area contributed by atoms with Crippen molar-refractivity contribution in [3.63, 3.8) is 0 Å². The van der Waals surface area contributed by atoms with Gasteiger partial charge in [0.05, 0.1) is 12.6 Å². The number of aliphatic hydroxyl groups excluding tert-OH is 1. The van der Waals surface area contributed by atoms with E-state index in [-0.39, 0.29) is 64.5 Å². The van der Waals surface area contributed by atoms with Crippen LogP contribution in [0.15, 0.2) is 0 Å². The molecule has 6 amide bonds. The number of hydrazine groups is 1. The Hall–Kier alpha value is -4.46. The SMILES string of the molecule is N[C@@H](CCCCNC(=O)CC[C@H](NC(=O)CC[C@@H](O)NC(=O)CC[C@H](NC(=O)CCCCCCCCCCCCCCCCCCC(=O)O)C(=O)O)C(=O)O)C(=O)NCC(=O)NNP. The Balaban J connectivity index is 4.14. The predicted molar refractivity (Wildman–Crippen MR) is 241 cm³/mol. The van der Waals surface area contributed by atoms with Crippen LogP contribution in [0.5, 0.6) is 0 Å². The molecule has 21 nitrogen and oxygen atoms in total. The van der Waals surface area contributed by atoms with Crippen molar-refractivity contribution in [2.24, 2.45) is 5.73 Å². The van der Waals surface area contributed by atoms with Crippen LogP contribution >= 0.6 is 9.39 Å².